The lowest BCUT2D eigenvalue weighted by Gasteiger charge is -2.48. The Hall–Kier alpha value is -4.51. The molecule has 6 heterocycles. The van der Waals surface area contributed by atoms with Crippen LogP contribution >= 0.6 is 0 Å². The number of carbonyl (C=O) groups excluding carboxylic acids is 2. The zero-order valence-electron chi connectivity index (χ0n) is 23.6. The fourth-order valence-corrected chi connectivity index (χ4v) is 6.05. The maximum atomic E-state index is 13.0. The number of fused-ring (bicyclic) bond motifs is 3. The fourth-order valence-electron chi connectivity index (χ4n) is 6.05. The molecule has 0 aromatic carbocycles. The summed E-state index contributed by atoms with van der Waals surface area (Å²) in [5.41, 5.74) is 4.23. The SMILES string of the molecule is CNC(=O)c1ccnc(Nc2cc3cc(-c4cc(C)ncc4OC4C[C@H]5COC[C@@H](C4)N5C(=O)C4CC4)ccn3n2)c1. The van der Waals surface area contributed by atoms with Gasteiger partial charge in [-0.1, -0.05) is 0 Å². The van der Waals surface area contributed by atoms with Crippen molar-refractivity contribution in [1.29, 1.82) is 0 Å². The van der Waals surface area contributed by atoms with Crippen LogP contribution in [-0.4, -0.2) is 74.7 Å². The third-order valence-electron chi connectivity index (χ3n) is 8.24. The summed E-state index contributed by atoms with van der Waals surface area (Å²) in [7, 11) is 1.59. The molecule has 11 nitrogen and oxygen atoms in total. The molecule has 11 heteroatoms. The quantitative estimate of drug-likeness (QED) is 0.346. The van der Waals surface area contributed by atoms with Crippen molar-refractivity contribution in [2.75, 3.05) is 25.6 Å². The Kier molecular flexibility index (Phi) is 6.73. The minimum absolute atomic E-state index is 0.0250. The van der Waals surface area contributed by atoms with Crippen molar-refractivity contribution in [2.24, 2.45) is 5.92 Å². The zero-order valence-corrected chi connectivity index (χ0v) is 23.6. The number of anilines is 2. The van der Waals surface area contributed by atoms with E-state index in [1.807, 2.05) is 31.3 Å². The van der Waals surface area contributed by atoms with E-state index >= 15 is 0 Å². The minimum atomic E-state index is -0.181. The molecule has 2 saturated heterocycles. The Morgan fingerprint density at radius 1 is 1.02 bits per heavy atom. The summed E-state index contributed by atoms with van der Waals surface area (Å²) in [6, 6.07) is 11.5. The molecule has 1 aliphatic carbocycles. The van der Waals surface area contributed by atoms with E-state index in [0.29, 0.717) is 36.3 Å². The molecule has 4 aromatic heterocycles. The van der Waals surface area contributed by atoms with Gasteiger partial charge in [0.1, 0.15) is 17.7 Å². The molecule has 0 spiro atoms. The van der Waals surface area contributed by atoms with Crippen molar-refractivity contribution < 1.29 is 19.1 Å². The molecule has 216 valence electrons. The average Bonchev–Trinajstić information content (AvgIpc) is 3.76. The van der Waals surface area contributed by atoms with Crippen molar-refractivity contribution in [3.8, 4) is 16.9 Å². The van der Waals surface area contributed by atoms with Crippen LogP contribution in [0.15, 0.2) is 55.0 Å². The predicted molar refractivity (Wildman–Crippen MR) is 156 cm³/mol. The maximum absolute atomic E-state index is 13.0. The normalized spacial score (nSPS) is 21.7. The molecule has 0 radical (unpaired) electrons. The average molecular weight is 568 g/mol. The van der Waals surface area contributed by atoms with Gasteiger partial charge < -0.3 is 25.0 Å². The summed E-state index contributed by atoms with van der Waals surface area (Å²) < 4.78 is 14.3. The smallest absolute Gasteiger partial charge is 0.251 e. The second kappa shape index (κ2) is 10.7. The number of piperidine rings is 1. The number of rotatable bonds is 7. The number of pyridine rings is 3. The van der Waals surface area contributed by atoms with Crippen molar-refractivity contribution in [1.82, 2.24) is 29.8 Å². The van der Waals surface area contributed by atoms with Gasteiger partial charge in [0.05, 0.1) is 37.0 Å². The van der Waals surface area contributed by atoms with E-state index in [2.05, 4.69) is 36.7 Å². The number of nitrogens with zero attached hydrogens (tertiary/aromatic N) is 5. The molecule has 4 aromatic rings. The number of aromatic nitrogens is 4. The maximum Gasteiger partial charge on any atom is 0.251 e. The Morgan fingerprint density at radius 2 is 1.83 bits per heavy atom. The molecule has 2 aliphatic heterocycles. The summed E-state index contributed by atoms with van der Waals surface area (Å²) in [6.07, 6.45) is 8.78. The molecule has 1 saturated carbocycles. The lowest BCUT2D eigenvalue weighted by molar-refractivity contribution is -0.157. The van der Waals surface area contributed by atoms with E-state index in [4.69, 9.17) is 9.47 Å². The molecule has 2 bridgehead atoms. The summed E-state index contributed by atoms with van der Waals surface area (Å²) in [4.78, 5) is 35.9. The molecule has 7 rings (SSSR count). The van der Waals surface area contributed by atoms with E-state index in [-0.39, 0.29) is 30.0 Å². The number of amides is 2. The van der Waals surface area contributed by atoms with Crippen LogP contribution in [0.25, 0.3) is 16.6 Å². The predicted octanol–water partition coefficient (Wildman–Crippen LogP) is 3.75. The van der Waals surface area contributed by atoms with Gasteiger partial charge in [-0.2, -0.15) is 5.10 Å². The van der Waals surface area contributed by atoms with Crippen LogP contribution in [-0.2, 0) is 9.53 Å². The van der Waals surface area contributed by atoms with Crippen molar-refractivity contribution in [2.45, 2.75) is 50.8 Å². The summed E-state index contributed by atoms with van der Waals surface area (Å²) in [5.74, 6) is 2.18. The Bertz CT molecular complexity index is 1650. The number of nitrogens with one attached hydrogen (secondary N) is 2. The van der Waals surface area contributed by atoms with E-state index in [0.717, 1.165) is 53.8 Å². The highest BCUT2D eigenvalue weighted by Gasteiger charge is 2.46. The van der Waals surface area contributed by atoms with Gasteiger partial charge in [0.2, 0.25) is 5.91 Å². The lowest BCUT2D eigenvalue weighted by Crippen LogP contribution is -2.61. The summed E-state index contributed by atoms with van der Waals surface area (Å²) >= 11 is 0. The standard InChI is InChI=1S/C31H33N7O4/c1-18-9-26(27(15-34-18)42-25-12-23-16-41-17-24(13-25)38(23)31(40)19-3-4-19)20-6-8-37-22(10-20)14-29(36-37)35-28-11-21(5-7-33-28)30(39)32-2/h5-11,14-15,19,23-25H,3-4,12-13,16-17H2,1-2H3,(H,32,39)(H,33,35,36)/t23-,24+,25?. The van der Waals surface area contributed by atoms with Gasteiger partial charge in [-0.25, -0.2) is 9.50 Å². The third kappa shape index (κ3) is 5.16. The van der Waals surface area contributed by atoms with Crippen molar-refractivity contribution >= 4 is 29.0 Å². The highest BCUT2D eigenvalue weighted by Crippen LogP contribution is 2.39. The van der Waals surface area contributed by atoms with Crippen molar-refractivity contribution in [3.63, 3.8) is 0 Å². The summed E-state index contributed by atoms with van der Waals surface area (Å²) in [5, 5.41) is 10.4. The molecule has 3 aliphatic rings. The number of carbonyl (C=O) groups is 2. The van der Waals surface area contributed by atoms with Crippen LogP contribution in [0.3, 0.4) is 0 Å². The fraction of sp³-hybridized carbons (Fsp3) is 0.387. The zero-order chi connectivity index (χ0) is 28.8. The lowest BCUT2D eigenvalue weighted by atomic mass is 9.91. The Balaban J connectivity index is 1.12. The second-order valence-electron chi connectivity index (χ2n) is 11.3. The van der Waals surface area contributed by atoms with Gasteiger partial charge in [-0.3, -0.25) is 14.6 Å². The number of morpholine rings is 1. The van der Waals surface area contributed by atoms with E-state index in [1.54, 1.807) is 36.1 Å². The van der Waals surface area contributed by atoms with Crippen LogP contribution in [0.2, 0.25) is 0 Å². The van der Waals surface area contributed by atoms with E-state index < -0.39 is 0 Å². The van der Waals surface area contributed by atoms with Crippen LogP contribution < -0.4 is 15.4 Å². The molecule has 42 heavy (non-hydrogen) atoms. The molecular weight excluding hydrogens is 534 g/mol. The second-order valence-corrected chi connectivity index (χ2v) is 11.3. The molecule has 2 amide bonds. The monoisotopic (exact) mass is 567 g/mol. The number of hydrogen-bond acceptors (Lipinski definition) is 8. The van der Waals surface area contributed by atoms with Crippen LogP contribution in [0.4, 0.5) is 11.6 Å². The molecule has 3 fully saturated rings. The van der Waals surface area contributed by atoms with Crippen molar-refractivity contribution in [3.05, 3.63) is 66.2 Å². The van der Waals surface area contributed by atoms with Gasteiger partial charge in [0.25, 0.3) is 5.91 Å². The van der Waals surface area contributed by atoms with Gasteiger partial charge in [-0.05, 0) is 55.7 Å². The summed E-state index contributed by atoms with van der Waals surface area (Å²) in [6.45, 7) is 3.09. The van der Waals surface area contributed by atoms with Gasteiger partial charge in [0, 0.05) is 61.1 Å². The molecule has 2 N–H and O–H groups in total. The third-order valence-corrected chi connectivity index (χ3v) is 8.24. The first-order chi connectivity index (χ1) is 20.4. The number of ether oxygens (including phenoxy) is 2. The van der Waals surface area contributed by atoms with E-state index in [9.17, 15) is 9.59 Å². The minimum Gasteiger partial charge on any atom is -0.488 e. The molecule has 3 atom stereocenters. The largest absolute Gasteiger partial charge is 0.488 e. The first-order valence-corrected chi connectivity index (χ1v) is 14.4. The number of aryl methyl sites for hydroxylation is 1. The van der Waals surface area contributed by atoms with Gasteiger partial charge in [0.15, 0.2) is 5.82 Å². The van der Waals surface area contributed by atoms with E-state index in [1.165, 1.54) is 0 Å². The van der Waals surface area contributed by atoms with Crippen LogP contribution in [0, 0.1) is 12.8 Å². The number of hydrogen-bond donors (Lipinski definition) is 2. The first kappa shape index (κ1) is 26.4. The molecular formula is C31H33N7O4. The highest BCUT2D eigenvalue weighted by molar-refractivity contribution is 5.94. The first-order valence-electron chi connectivity index (χ1n) is 14.4. The topological polar surface area (TPSA) is 123 Å². The van der Waals surface area contributed by atoms with Crippen LogP contribution in [0.5, 0.6) is 5.75 Å². The van der Waals surface area contributed by atoms with Gasteiger partial charge in [-0.15, -0.1) is 0 Å². The Morgan fingerprint density at radius 3 is 2.60 bits per heavy atom. The van der Waals surface area contributed by atoms with Gasteiger partial charge >= 0.3 is 0 Å². The van der Waals surface area contributed by atoms with Crippen LogP contribution in [0.1, 0.15) is 41.7 Å². The molecule has 1 unspecified atom stereocenters. The highest BCUT2D eigenvalue weighted by atomic mass is 16.5. The Labute approximate surface area is 243 Å².